The fraction of sp³-hybridized carbons (Fsp3) is 0.182. The van der Waals surface area contributed by atoms with Crippen molar-refractivity contribution in [3.8, 4) is 6.07 Å². The lowest BCUT2D eigenvalue weighted by Gasteiger charge is -2.22. The number of urea groups is 1. The SMILES string of the molecule is CC1(c2ccc(C#N)cc2)NC(=O)N(Cc2nnc(C(=O)NCc3ccc(F)cc3)s2)C1=O. The minimum absolute atomic E-state index is 0.0778. The van der Waals surface area contributed by atoms with Crippen LogP contribution in [0.1, 0.15) is 38.4 Å². The van der Waals surface area contributed by atoms with Gasteiger partial charge in [0.15, 0.2) is 0 Å². The summed E-state index contributed by atoms with van der Waals surface area (Å²) in [4.78, 5) is 38.9. The summed E-state index contributed by atoms with van der Waals surface area (Å²) in [5.41, 5.74) is 0.414. The Kier molecular flexibility index (Phi) is 5.85. The number of hydrogen-bond acceptors (Lipinski definition) is 7. The topological polar surface area (TPSA) is 128 Å². The van der Waals surface area contributed by atoms with E-state index in [1.807, 2.05) is 6.07 Å². The average Bonchev–Trinajstić information content (AvgIpc) is 3.38. The quantitative estimate of drug-likeness (QED) is 0.540. The third-order valence-corrected chi connectivity index (χ3v) is 6.09. The van der Waals surface area contributed by atoms with Gasteiger partial charge in [0.25, 0.3) is 11.8 Å². The summed E-state index contributed by atoms with van der Waals surface area (Å²) in [6.07, 6.45) is 0. The van der Waals surface area contributed by atoms with Crippen molar-refractivity contribution in [1.29, 1.82) is 5.26 Å². The van der Waals surface area contributed by atoms with E-state index in [2.05, 4.69) is 20.8 Å². The molecule has 1 unspecified atom stereocenters. The third-order valence-electron chi connectivity index (χ3n) is 5.19. The molecule has 0 aliphatic carbocycles. The van der Waals surface area contributed by atoms with Gasteiger partial charge in [0.2, 0.25) is 5.01 Å². The van der Waals surface area contributed by atoms with E-state index in [1.54, 1.807) is 43.3 Å². The lowest BCUT2D eigenvalue weighted by Crippen LogP contribution is -2.40. The lowest BCUT2D eigenvalue weighted by atomic mass is 9.91. The Morgan fingerprint density at radius 3 is 2.55 bits per heavy atom. The maximum absolute atomic E-state index is 13.0. The number of amides is 4. The van der Waals surface area contributed by atoms with Crippen molar-refractivity contribution < 1.29 is 18.8 Å². The first-order chi connectivity index (χ1) is 15.8. The Morgan fingerprint density at radius 1 is 1.18 bits per heavy atom. The smallest absolute Gasteiger partial charge is 0.325 e. The van der Waals surface area contributed by atoms with Crippen molar-refractivity contribution in [2.75, 3.05) is 0 Å². The van der Waals surface area contributed by atoms with Crippen LogP contribution in [-0.4, -0.2) is 32.9 Å². The van der Waals surface area contributed by atoms with Gasteiger partial charge in [-0.2, -0.15) is 5.26 Å². The molecule has 33 heavy (non-hydrogen) atoms. The van der Waals surface area contributed by atoms with E-state index in [1.165, 1.54) is 12.1 Å². The number of nitriles is 1. The number of halogens is 1. The van der Waals surface area contributed by atoms with Crippen LogP contribution in [0, 0.1) is 17.1 Å². The summed E-state index contributed by atoms with van der Waals surface area (Å²) in [5, 5.41) is 22.5. The largest absolute Gasteiger partial charge is 0.346 e. The van der Waals surface area contributed by atoms with Gasteiger partial charge < -0.3 is 10.6 Å². The molecule has 4 amide bonds. The van der Waals surface area contributed by atoms with Crippen molar-refractivity contribution in [2.45, 2.75) is 25.6 Å². The number of imide groups is 1. The van der Waals surface area contributed by atoms with Crippen molar-refractivity contribution in [3.63, 3.8) is 0 Å². The lowest BCUT2D eigenvalue weighted by molar-refractivity contribution is -0.131. The van der Waals surface area contributed by atoms with Crippen LogP contribution in [0.3, 0.4) is 0 Å². The van der Waals surface area contributed by atoms with Gasteiger partial charge >= 0.3 is 6.03 Å². The molecule has 4 rings (SSSR count). The highest BCUT2D eigenvalue weighted by molar-refractivity contribution is 7.13. The molecule has 11 heteroatoms. The number of benzene rings is 2. The maximum atomic E-state index is 13.0. The normalized spacial score (nSPS) is 17.5. The number of carbonyl (C=O) groups excluding carboxylic acids is 3. The number of nitrogens with zero attached hydrogens (tertiary/aromatic N) is 4. The number of carbonyl (C=O) groups is 3. The molecular weight excluding hydrogens is 447 g/mol. The molecule has 2 N–H and O–H groups in total. The van der Waals surface area contributed by atoms with E-state index in [-0.39, 0.29) is 23.9 Å². The van der Waals surface area contributed by atoms with Gasteiger partial charge in [-0.05, 0) is 42.3 Å². The molecule has 1 aromatic heterocycles. The Balaban J connectivity index is 1.42. The maximum Gasteiger partial charge on any atom is 0.325 e. The highest BCUT2D eigenvalue weighted by atomic mass is 32.1. The van der Waals surface area contributed by atoms with Crippen molar-refractivity contribution >= 4 is 29.2 Å². The molecule has 0 spiro atoms. The molecule has 0 bridgehead atoms. The van der Waals surface area contributed by atoms with Gasteiger partial charge in [-0.3, -0.25) is 14.5 Å². The zero-order valence-electron chi connectivity index (χ0n) is 17.3. The number of nitrogens with one attached hydrogen (secondary N) is 2. The predicted octanol–water partition coefficient (Wildman–Crippen LogP) is 2.45. The number of hydrogen-bond donors (Lipinski definition) is 2. The fourth-order valence-corrected chi connectivity index (χ4v) is 4.06. The molecule has 0 saturated carbocycles. The molecule has 2 heterocycles. The minimum Gasteiger partial charge on any atom is -0.346 e. The summed E-state index contributed by atoms with van der Waals surface area (Å²) in [5.74, 6) is -1.31. The molecule has 1 aliphatic rings. The number of rotatable bonds is 6. The second-order valence-corrected chi connectivity index (χ2v) is 8.51. The van der Waals surface area contributed by atoms with Crippen LogP contribution in [0.5, 0.6) is 0 Å². The van der Waals surface area contributed by atoms with Crippen molar-refractivity contribution in [3.05, 3.63) is 81.1 Å². The number of aromatic nitrogens is 2. The molecule has 9 nitrogen and oxygen atoms in total. The monoisotopic (exact) mass is 464 g/mol. The van der Waals surface area contributed by atoms with Crippen LogP contribution in [-0.2, 0) is 23.4 Å². The first kappa shape index (κ1) is 22.0. The van der Waals surface area contributed by atoms with Gasteiger partial charge in [-0.15, -0.1) is 10.2 Å². The van der Waals surface area contributed by atoms with Crippen molar-refractivity contribution in [1.82, 2.24) is 25.7 Å². The van der Waals surface area contributed by atoms with E-state index in [4.69, 9.17) is 5.26 Å². The summed E-state index contributed by atoms with van der Waals surface area (Å²) in [6.45, 7) is 1.63. The summed E-state index contributed by atoms with van der Waals surface area (Å²) in [7, 11) is 0. The van der Waals surface area contributed by atoms with E-state index in [9.17, 15) is 18.8 Å². The summed E-state index contributed by atoms with van der Waals surface area (Å²) >= 11 is 0.966. The second-order valence-electron chi connectivity index (χ2n) is 7.45. The first-order valence-corrected chi connectivity index (χ1v) is 10.6. The highest BCUT2D eigenvalue weighted by Crippen LogP contribution is 2.30. The molecule has 1 atom stereocenters. The van der Waals surface area contributed by atoms with Crippen LogP contribution in [0.15, 0.2) is 48.5 Å². The fourth-order valence-electron chi connectivity index (χ4n) is 3.32. The third kappa shape index (κ3) is 4.42. The van der Waals surface area contributed by atoms with E-state index >= 15 is 0 Å². The Hall–Kier alpha value is -4.17. The molecule has 1 aliphatic heterocycles. The molecule has 1 fully saturated rings. The molecule has 3 aromatic rings. The molecule has 1 saturated heterocycles. The van der Waals surface area contributed by atoms with E-state index in [0.29, 0.717) is 16.1 Å². The average molecular weight is 464 g/mol. The molecule has 166 valence electrons. The Labute approximate surface area is 191 Å². The van der Waals surface area contributed by atoms with Crippen LogP contribution in [0.2, 0.25) is 0 Å². The second kappa shape index (κ2) is 8.76. The minimum atomic E-state index is -1.29. The van der Waals surface area contributed by atoms with Gasteiger partial charge in [0.1, 0.15) is 16.4 Å². The molecule has 0 radical (unpaired) electrons. The zero-order chi connectivity index (χ0) is 23.6. The molecule has 2 aromatic carbocycles. The Morgan fingerprint density at radius 2 is 1.88 bits per heavy atom. The van der Waals surface area contributed by atoms with Crippen LogP contribution in [0.25, 0.3) is 0 Å². The van der Waals surface area contributed by atoms with Gasteiger partial charge in [-0.25, -0.2) is 9.18 Å². The summed E-state index contributed by atoms with van der Waals surface area (Å²) < 4.78 is 13.0. The first-order valence-electron chi connectivity index (χ1n) is 9.80. The van der Waals surface area contributed by atoms with Crippen molar-refractivity contribution in [2.24, 2.45) is 0 Å². The standard InChI is InChI=1S/C22H17FN6O3S/c1-22(15-6-2-13(10-24)3-7-15)20(31)29(21(32)26-22)12-17-27-28-19(33-17)18(30)25-11-14-4-8-16(23)9-5-14/h2-9H,11-12H2,1H3,(H,25,30)(H,26,32). The van der Waals surface area contributed by atoms with Gasteiger partial charge in [0, 0.05) is 6.54 Å². The van der Waals surface area contributed by atoms with Gasteiger partial charge in [0.05, 0.1) is 18.2 Å². The van der Waals surface area contributed by atoms with E-state index < -0.39 is 23.4 Å². The van der Waals surface area contributed by atoms with Crippen LogP contribution >= 0.6 is 11.3 Å². The van der Waals surface area contributed by atoms with Gasteiger partial charge in [-0.1, -0.05) is 35.6 Å². The zero-order valence-corrected chi connectivity index (χ0v) is 18.1. The summed E-state index contributed by atoms with van der Waals surface area (Å²) in [6, 6.07) is 13.5. The van der Waals surface area contributed by atoms with Crippen LogP contribution in [0.4, 0.5) is 9.18 Å². The predicted molar refractivity (Wildman–Crippen MR) is 115 cm³/mol. The highest BCUT2D eigenvalue weighted by Gasteiger charge is 2.49. The molecular formula is C22H17FN6O3S. The Bertz CT molecular complexity index is 1270. The van der Waals surface area contributed by atoms with E-state index in [0.717, 1.165) is 21.8 Å². The van der Waals surface area contributed by atoms with Crippen LogP contribution < -0.4 is 10.6 Å².